The highest BCUT2D eigenvalue weighted by Crippen LogP contribution is 2.18. The molecule has 0 aromatic carbocycles. The van der Waals surface area contributed by atoms with Crippen molar-refractivity contribution in [3.8, 4) is 0 Å². The Balaban J connectivity index is 1.95. The van der Waals surface area contributed by atoms with Gasteiger partial charge in [0.2, 0.25) is 0 Å². The lowest BCUT2D eigenvalue weighted by molar-refractivity contribution is 0.140. The normalized spacial score (nSPS) is 10.5. The minimum absolute atomic E-state index is 0.743. The summed E-state index contributed by atoms with van der Waals surface area (Å²) in [6.45, 7) is 6.86. The van der Waals surface area contributed by atoms with Gasteiger partial charge in [-0.25, -0.2) is 0 Å². The van der Waals surface area contributed by atoms with Gasteiger partial charge in [-0.2, -0.15) is 0 Å². The molecule has 0 atom stereocenters. The van der Waals surface area contributed by atoms with E-state index >= 15 is 0 Å². The SMILES string of the molecule is C=CCCOCCNCc1cc(Cl)cs1. The number of ether oxygens (including phenoxy) is 1. The zero-order valence-corrected chi connectivity index (χ0v) is 10.2. The maximum absolute atomic E-state index is 5.81. The molecule has 0 bridgehead atoms. The number of hydrogen-bond acceptors (Lipinski definition) is 3. The van der Waals surface area contributed by atoms with Crippen molar-refractivity contribution in [2.75, 3.05) is 19.8 Å². The van der Waals surface area contributed by atoms with Gasteiger partial charge < -0.3 is 10.1 Å². The molecule has 0 unspecified atom stereocenters. The predicted octanol–water partition coefficient (Wildman–Crippen LogP) is 3.08. The largest absolute Gasteiger partial charge is 0.380 e. The Morgan fingerprint density at radius 3 is 3.07 bits per heavy atom. The Hall–Kier alpha value is -0.350. The average molecular weight is 246 g/mol. The van der Waals surface area contributed by atoms with E-state index in [1.165, 1.54) is 4.88 Å². The summed E-state index contributed by atoms with van der Waals surface area (Å²) in [5.41, 5.74) is 0. The Morgan fingerprint density at radius 2 is 2.40 bits per heavy atom. The molecule has 1 aromatic rings. The molecule has 15 heavy (non-hydrogen) atoms. The van der Waals surface area contributed by atoms with Gasteiger partial charge in [0.15, 0.2) is 0 Å². The first-order chi connectivity index (χ1) is 7.33. The Kier molecular flexibility index (Phi) is 6.68. The van der Waals surface area contributed by atoms with Gasteiger partial charge in [0.25, 0.3) is 0 Å². The minimum atomic E-state index is 0.743. The molecule has 84 valence electrons. The van der Waals surface area contributed by atoms with Crippen molar-refractivity contribution >= 4 is 22.9 Å². The highest BCUT2D eigenvalue weighted by Gasteiger charge is 1.96. The van der Waals surface area contributed by atoms with E-state index in [1.54, 1.807) is 11.3 Å². The fourth-order valence-electron chi connectivity index (χ4n) is 1.07. The van der Waals surface area contributed by atoms with Crippen LogP contribution in [0.5, 0.6) is 0 Å². The summed E-state index contributed by atoms with van der Waals surface area (Å²) in [5.74, 6) is 0. The van der Waals surface area contributed by atoms with Crippen LogP contribution in [0.3, 0.4) is 0 Å². The fraction of sp³-hybridized carbons (Fsp3) is 0.455. The first kappa shape index (κ1) is 12.7. The van der Waals surface area contributed by atoms with Gasteiger partial charge in [-0.05, 0) is 12.5 Å². The molecule has 0 aliphatic rings. The smallest absolute Gasteiger partial charge is 0.0591 e. The maximum Gasteiger partial charge on any atom is 0.0591 e. The molecular formula is C11H16ClNOS. The van der Waals surface area contributed by atoms with E-state index in [0.717, 1.165) is 37.7 Å². The number of thiophene rings is 1. The number of halogens is 1. The van der Waals surface area contributed by atoms with E-state index in [0.29, 0.717) is 0 Å². The Morgan fingerprint density at radius 1 is 1.53 bits per heavy atom. The molecule has 2 nitrogen and oxygen atoms in total. The monoisotopic (exact) mass is 245 g/mol. The Bertz CT molecular complexity index is 288. The summed E-state index contributed by atoms with van der Waals surface area (Å²) < 4.78 is 5.36. The second-order valence-corrected chi connectivity index (χ2v) is 4.53. The number of hydrogen-bond donors (Lipinski definition) is 1. The molecule has 4 heteroatoms. The van der Waals surface area contributed by atoms with Crippen LogP contribution in [-0.2, 0) is 11.3 Å². The van der Waals surface area contributed by atoms with E-state index < -0.39 is 0 Å². The predicted molar refractivity (Wildman–Crippen MR) is 66.7 cm³/mol. The van der Waals surface area contributed by atoms with Gasteiger partial charge in [-0.15, -0.1) is 17.9 Å². The average Bonchev–Trinajstić information content (AvgIpc) is 2.63. The molecule has 0 spiro atoms. The van der Waals surface area contributed by atoms with Crippen molar-refractivity contribution in [3.05, 3.63) is 34.0 Å². The zero-order valence-electron chi connectivity index (χ0n) is 8.67. The first-order valence-electron chi connectivity index (χ1n) is 4.95. The lowest BCUT2D eigenvalue weighted by Crippen LogP contribution is -2.18. The Labute approximate surface area is 99.9 Å². The standard InChI is InChI=1S/C11H16ClNOS/c1-2-3-5-14-6-4-13-8-11-7-10(12)9-15-11/h2,7,9,13H,1,3-6,8H2. The lowest BCUT2D eigenvalue weighted by atomic mass is 10.4. The van der Waals surface area contributed by atoms with Crippen LogP contribution >= 0.6 is 22.9 Å². The van der Waals surface area contributed by atoms with Gasteiger partial charge in [0.1, 0.15) is 0 Å². The second kappa shape index (κ2) is 7.88. The van der Waals surface area contributed by atoms with Gasteiger partial charge >= 0.3 is 0 Å². The summed E-state index contributed by atoms with van der Waals surface area (Å²) in [5, 5.41) is 6.06. The van der Waals surface area contributed by atoms with E-state index in [2.05, 4.69) is 11.9 Å². The first-order valence-corrected chi connectivity index (χ1v) is 6.21. The molecule has 1 aromatic heterocycles. The van der Waals surface area contributed by atoms with E-state index in [1.807, 2.05) is 17.5 Å². The van der Waals surface area contributed by atoms with Gasteiger partial charge in [0.05, 0.1) is 18.2 Å². The minimum Gasteiger partial charge on any atom is -0.380 e. The van der Waals surface area contributed by atoms with Crippen LogP contribution in [0.1, 0.15) is 11.3 Å². The van der Waals surface area contributed by atoms with Crippen molar-refractivity contribution < 1.29 is 4.74 Å². The molecule has 1 N–H and O–H groups in total. The van der Waals surface area contributed by atoms with Crippen molar-refractivity contribution in [1.29, 1.82) is 0 Å². The molecule has 0 aliphatic heterocycles. The molecule has 0 radical (unpaired) electrons. The molecular weight excluding hydrogens is 230 g/mol. The van der Waals surface area contributed by atoms with Crippen LogP contribution < -0.4 is 5.32 Å². The second-order valence-electron chi connectivity index (χ2n) is 3.10. The third-order valence-electron chi connectivity index (χ3n) is 1.81. The van der Waals surface area contributed by atoms with Gasteiger partial charge in [0, 0.05) is 23.3 Å². The van der Waals surface area contributed by atoms with Crippen LogP contribution in [0.15, 0.2) is 24.1 Å². The third-order valence-corrected chi connectivity index (χ3v) is 3.09. The van der Waals surface area contributed by atoms with Crippen molar-refractivity contribution in [2.45, 2.75) is 13.0 Å². The van der Waals surface area contributed by atoms with E-state index in [-0.39, 0.29) is 0 Å². The van der Waals surface area contributed by atoms with Crippen molar-refractivity contribution in [2.24, 2.45) is 0 Å². The molecule has 0 fully saturated rings. The fourth-order valence-corrected chi connectivity index (χ4v) is 2.11. The molecule has 1 heterocycles. The van der Waals surface area contributed by atoms with Gasteiger partial charge in [-0.1, -0.05) is 17.7 Å². The summed E-state index contributed by atoms with van der Waals surface area (Å²) >= 11 is 7.48. The van der Waals surface area contributed by atoms with Crippen molar-refractivity contribution in [1.82, 2.24) is 5.32 Å². The molecule has 0 amide bonds. The van der Waals surface area contributed by atoms with Crippen LogP contribution in [-0.4, -0.2) is 19.8 Å². The van der Waals surface area contributed by atoms with Crippen molar-refractivity contribution in [3.63, 3.8) is 0 Å². The quantitative estimate of drug-likeness (QED) is 0.561. The van der Waals surface area contributed by atoms with Crippen LogP contribution in [0.4, 0.5) is 0 Å². The highest BCUT2D eigenvalue weighted by molar-refractivity contribution is 7.10. The topological polar surface area (TPSA) is 21.3 Å². The van der Waals surface area contributed by atoms with E-state index in [9.17, 15) is 0 Å². The maximum atomic E-state index is 5.81. The van der Waals surface area contributed by atoms with Crippen LogP contribution in [0, 0.1) is 0 Å². The summed E-state index contributed by atoms with van der Waals surface area (Å²) in [6.07, 6.45) is 2.78. The number of nitrogens with one attached hydrogen (secondary N) is 1. The number of rotatable bonds is 8. The summed E-state index contributed by atoms with van der Waals surface area (Å²) in [6, 6.07) is 1.98. The summed E-state index contributed by atoms with van der Waals surface area (Å²) in [4.78, 5) is 1.26. The molecule has 0 saturated carbocycles. The summed E-state index contributed by atoms with van der Waals surface area (Å²) in [7, 11) is 0. The lowest BCUT2D eigenvalue weighted by Gasteiger charge is -2.03. The zero-order chi connectivity index (χ0) is 10.9. The molecule has 0 aliphatic carbocycles. The van der Waals surface area contributed by atoms with E-state index in [4.69, 9.17) is 16.3 Å². The molecule has 0 saturated heterocycles. The van der Waals surface area contributed by atoms with Crippen LogP contribution in [0.2, 0.25) is 5.02 Å². The third kappa shape index (κ3) is 5.95. The van der Waals surface area contributed by atoms with Gasteiger partial charge in [-0.3, -0.25) is 0 Å². The van der Waals surface area contributed by atoms with Crippen LogP contribution in [0.25, 0.3) is 0 Å². The molecule has 1 rings (SSSR count). The highest BCUT2D eigenvalue weighted by atomic mass is 35.5.